The number of aromatic nitrogens is 2. The number of benzene rings is 1. The van der Waals surface area contributed by atoms with Gasteiger partial charge in [-0.1, -0.05) is 12.1 Å². The van der Waals surface area contributed by atoms with Gasteiger partial charge in [-0.05, 0) is 64.0 Å². The zero-order valence-electron chi connectivity index (χ0n) is 15.6. The van der Waals surface area contributed by atoms with E-state index in [0.29, 0.717) is 12.1 Å². The van der Waals surface area contributed by atoms with Crippen molar-refractivity contribution >= 4 is 5.91 Å². The van der Waals surface area contributed by atoms with E-state index in [9.17, 15) is 9.18 Å². The fraction of sp³-hybridized carbons (Fsp3) is 0.474. The predicted octanol–water partition coefficient (Wildman–Crippen LogP) is 2.86. The Labute approximate surface area is 148 Å². The molecule has 0 saturated heterocycles. The van der Waals surface area contributed by atoms with E-state index < -0.39 is 6.04 Å². The second kappa shape index (κ2) is 8.25. The van der Waals surface area contributed by atoms with Gasteiger partial charge in [-0.2, -0.15) is 5.10 Å². The summed E-state index contributed by atoms with van der Waals surface area (Å²) in [5.74, 6) is -0.359. The second-order valence-corrected chi connectivity index (χ2v) is 6.70. The number of amides is 1. The van der Waals surface area contributed by atoms with Gasteiger partial charge in [-0.3, -0.25) is 14.8 Å². The monoisotopic (exact) mass is 346 g/mol. The maximum absolute atomic E-state index is 13.5. The van der Waals surface area contributed by atoms with Gasteiger partial charge >= 0.3 is 0 Å². The Kier molecular flexibility index (Phi) is 6.31. The van der Waals surface area contributed by atoms with Crippen LogP contribution in [0.4, 0.5) is 4.39 Å². The molecule has 0 bridgehead atoms. The molecular weight excluding hydrogens is 319 g/mol. The van der Waals surface area contributed by atoms with Crippen LogP contribution in [0.2, 0.25) is 0 Å². The average Bonchev–Trinajstić information content (AvgIpc) is 2.86. The van der Waals surface area contributed by atoms with Gasteiger partial charge in [0.15, 0.2) is 0 Å². The van der Waals surface area contributed by atoms with E-state index in [1.54, 1.807) is 24.1 Å². The van der Waals surface area contributed by atoms with Crippen molar-refractivity contribution in [1.29, 1.82) is 0 Å². The zero-order valence-corrected chi connectivity index (χ0v) is 15.6. The van der Waals surface area contributed by atoms with Crippen LogP contribution in [-0.2, 0) is 11.2 Å². The molecule has 1 aromatic carbocycles. The third-order valence-electron chi connectivity index (χ3n) is 4.49. The Bertz CT molecular complexity index is 706. The summed E-state index contributed by atoms with van der Waals surface area (Å²) in [5.41, 5.74) is 3.98. The summed E-state index contributed by atoms with van der Waals surface area (Å²) in [7, 11) is 5.46. The van der Waals surface area contributed by atoms with Crippen molar-refractivity contribution < 1.29 is 9.18 Å². The van der Waals surface area contributed by atoms with Crippen molar-refractivity contribution in [3.63, 3.8) is 0 Å². The summed E-state index contributed by atoms with van der Waals surface area (Å²) in [6.45, 7) is 4.64. The third kappa shape index (κ3) is 4.66. The highest BCUT2D eigenvalue weighted by Gasteiger charge is 2.26. The minimum absolute atomic E-state index is 0.0313. The van der Waals surface area contributed by atoms with Crippen molar-refractivity contribution in [3.8, 4) is 0 Å². The van der Waals surface area contributed by atoms with Crippen LogP contribution in [0.5, 0.6) is 0 Å². The topological polar surface area (TPSA) is 52.2 Å². The van der Waals surface area contributed by atoms with Crippen LogP contribution in [0.1, 0.15) is 35.0 Å². The lowest BCUT2D eigenvalue weighted by Crippen LogP contribution is -2.39. The highest BCUT2D eigenvalue weighted by molar-refractivity contribution is 5.83. The quantitative estimate of drug-likeness (QED) is 0.839. The first kappa shape index (κ1) is 19.1. The van der Waals surface area contributed by atoms with Crippen molar-refractivity contribution in [2.75, 3.05) is 27.7 Å². The fourth-order valence-electron chi connectivity index (χ4n) is 3.09. The number of halogens is 1. The summed E-state index contributed by atoms with van der Waals surface area (Å²) in [4.78, 5) is 16.4. The molecule has 1 atom stereocenters. The van der Waals surface area contributed by atoms with E-state index in [0.717, 1.165) is 24.2 Å². The molecule has 1 amide bonds. The molecule has 2 aromatic rings. The Morgan fingerprint density at radius 3 is 2.56 bits per heavy atom. The molecule has 5 nitrogen and oxygen atoms in total. The van der Waals surface area contributed by atoms with Gasteiger partial charge in [0.2, 0.25) is 5.91 Å². The largest absolute Gasteiger partial charge is 0.344 e. The molecule has 0 spiro atoms. The normalized spacial score (nSPS) is 12.4. The molecule has 0 aliphatic heterocycles. The zero-order chi connectivity index (χ0) is 18.6. The van der Waals surface area contributed by atoms with Gasteiger partial charge in [0.1, 0.15) is 11.9 Å². The van der Waals surface area contributed by atoms with E-state index in [1.807, 2.05) is 32.8 Å². The third-order valence-corrected chi connectivity index (χ3v) is 4.49. The second-order valence-electron chi connectivity index (χ2n) is 6.70. The molecule has 0 saturated carbocycles. The first-order valence-corrected chi connectivity index (χ1v) is 8.48. The van der Waals surface area contributed by atoms with Crippen molar-refractivity contribution in [2.45, 2.75) is 32.7 Å². The number of aromatic amines is 1. The number of H-pyrrole nitrogens is 1. The number of carbonyl (C=O) groups is 1. The summed E-state index contributed by atoms with van der Waals surface area (Å²) in [6, 6.07) is 5.75. The lowest BCUT2D eigenvalue weighted by atomic mass is 10.0. The highest BCUT2D eigenvalue weighted by Crippen LogP contribution is 2.22. The van der Waals surface area contributed by atoms with Gasteiger partial charge in [-0.15, -0.1) is 0 Å². The first-order chi connectivity index (χ1) is 11.8. The molecule has 0 aliphatic rings. The smallest absolute Gasteiger partial charge is 0.244 e. The first-order valence-electron chi connectivity index (χ1n) is 8.48. The molecule has 0 unspecified atom stereocenters. The molecule has 0 radical (unpaired) electrons. The highest BCUT2D eigenvalue weighted by atomic mass is 19.1. The van der Waals surface area contributed by atoms with Crippen molar-refractivity contribution in [3.05, 3.63) is 52.6 Å². The minimum Gasteiger partial charge on any atom is -0.344 e. The summed E-state index contributed by atoms with van der Waals surface area (Å²) in [5, 5.41) is 7.19. The number of nitrogens with one attached hydrogen (secondary N) is 1. The maximum Gasteiger partial charge on any atom is 0.244 e. The van der Waals surface area contributed by atoms with Crippen LogP contribution in [0, 0.1) is 19.7 Å². The van der Waals surface area contributed by atoms with Crippen molar-refractivity contribution in [1.82, 2.24) is 20.0 Å². The summed E-state index contributed by atoms with van der Waals surface area (Å²) in [6.07, 6.45) is 1.73. The van der Waals surface area contributed by atoms with Gasteiger partial charge in [0.05, 0.1) is 5.69 Å². The SMILES string of the molecule is Cc1n[nH]c(C)c1CCCN(C)C(=O)[C@H](c1cccc(F)c1)N(C)C. The van der Waals surface area contributed by atoms with Crippen LogP contribution < -0.4 is 0 Å². The van der Waals surface area contributed by atoms with Gasteiger partial charge < -0.3 is 4.90 Å². The average molecular weight is 346 g/mol. The van der Waals surface area contributed by atoms with E-state index in [4.69, 9.17) is 0 Å². The molecule has 1 heterocycles. The maximum atomic E-state index is 13.5. The minimum atomic E-state index is -0.488. The van der Waals surface area contributed by atoms with E-state index in [-0.39, 0.29) is 11.7 Å². The van der Waals surface area contributed by atoms with Crippen LogP contribution in [0.25, 0.3) is 0 Å². The number of aryl methyl sites for hydroxylation is 2. The number of rotatable bonds is 7. The molecule has 25 heavy (non-hydrogen) atoms. The molecule has 0 fully saturated rings. The van der Waals surface area contributed by atoms with Crippen LogP contribution in [0.15, 0.2) is 24.3 Å². The predicted molar refractivity (Wildman–Crippen MR) is 96.8 cm³/mol. The van der Waals surface area contributed by atoms with Gasteiger partial charge in [-0.25, -0.2) is 4.39 Å². The lowest BCUT2D eigenvalue weighted by Gasteiger charge is -2.28. The summed E-state index contributed by atoms with van der Waals surface area (Å²) < 4.78 is 13.5. The van der Waals surface area contributed by atoms with E-state index in [2.05, 4.69) is 10.2 Å². The Morgan fingerprint density at radius 1 is 1.28 bits per heavy atom. The number of hydrogen-bond acceptors (Lipinski definition) is 3. The molecule has 136 valence electrons. The fourth-order valence-corrected chi connectivity index (χ4v) is 3.09. The van der Waals surface area contributed by atoms with Crippen LogP contribution in [0.3, 0.4) is 0 Å². The van der Waals surface area contributed by atoms with E-state index in [1.165, 1.54) is 17.7 Å². The van der Waals surface area contributed by atoms with Crippen LogP contribution in [-0.4, -0.2) is 53.6 Å². The summed E-state index contributed by atoms with van der Waals surface area (Å²) >= 11 is 0. The Balaban J connectivity index is 2.01. The van der Waals surface area contributed by atoms with Gasteiger partial charge in [0.25, 0.3) is 0 Å². The van der Waals surface area contributed by atoms with Crippen LogP contribution >= 0.6 is 0 Å². The standard InChI is InChI=1S/C19H27FN4O/c1-13-17(14(2)22-21-13)10-7-11-24(5)19(25)18(23(3)4)15-8-6-9-16(20)12-15/h6,8-9,12,18H,7,10-11H2,1-5H3,(H,21,22)/t18-/m0/s1. The Morgan fingerprint density at radius 2 is 2.00 bits per heavy atom. The molecule has 1 aromatic heterocycles. The van der Waals surface area contributed by atoms with Crippen molar-refractivity contribution in [2.24, 2.45) is 0 Å². The number of hydrogen-bond donors (Lipinski definition) is 1. The van der Waals surface area contributed by atoms with E-state index >= 15 is 0 Å². The lowest BCUT2D eigenvalue weighted by molar-refractivity contribution is -0.135. The number of nitrogens with zero attached hydrogens (tertiary/aromatic N) is 3. The molecule has 1 N–H and O–H groups in total. The number of likely N-dealkylation sites (N-methyl/N-ethyl adjacent to an activating group) is 2. The van der Waals surface area contributed by atoms with Gasteiger partial charge in [0, 0.05) is 19.3 Å². The molecule has 0 aliphatic carbocycles. The molecule has 2 rings (SSSR count). The number of carbonyl (C=O) groups excluding carboxylic acids is 1. The molecular formula is C19H27FN4O. The molecule has 6 heteroatoms. The Hall–Kier alpha value is -2.21.